The number of nitrogens with one attached hydrogen (secondary N) is 1. The molecule has 122 valence electrons. The maximum atomic E-state index is 12.4. The summed E-state index contributed by atoms with van der Waals surface area (Å²) in [6.07, 6.45) is 3.49. The summed E-state index contributed by atoms with van der Waals surface area (Å²) in [5.74, 6) is -0.0498. The van der Waals surface area contributed by atoms with Gasteiger partial charge in [-0.1, -0.05) is 36.4 Å². The zero-order valence-electron chi connectivity index (χ0n) is 13.4. The van der Waals surface area contributed by atoms with Gasteiger partial charge in [-0.2, -0.15) is 0 Å². The van der Waals surface area contributed by atoms with Crippen LogP contribution < -0.4 is 5.32 Å². The fourth-order valence-electron chi connectivity index (χ4n) is 2.36. The van der Waals surface area contributed by atoms with Gasteiger partial charge in [0.05, 0.1) is 12.6 Å². The molecule has 2 N–H and O–H groups in total. The number of hydrogen-bond acceptors (Lipinski definition) is 4. The molecule has 5 heteroatoms. The Morgan fingerprint density at radius 1 is 1.22 bits per heavy atom. The number of hydrogen-bond donors (Lipinski definition) is 2. The van der Waals surface area contributed by atoms with Gasteiger partial charge in [0.1, 0.15) is 0 Å². The fourth-order valence-corrected chi connectivity index (χ4v) is 2.36. The highest BCUT2D eigenvalue weighted by Gasteiger charge is 2.20. The molecule has 0 spiro atoms. The summed E-state index contributed by atoms with van der Waals surface area (Å²) in [5, 5.41) is 12.2. The topological polar surface area (TPSA) is 65.5 Å². The molecule has 0 saturated heterocycles. The van der Waals surface area contributed by atoms with Crippen LogP contribution >= 0.6 is 0 Å². The van der Waals surface area contributed by atoms with Gasteiger partial charge in [-0.3, -0.25) is 14.7 Å². The average Bonchev–Trinajstić information content (AvgIpc) is 2.60. The number of nitrogens with zero attached hydrogens (tertiary/aromatic N) is 2. The second-order valence-corrected chi connectivity index (χ2v) is 5.43. The summed E-state index contributed by atoms with van der Waals surface area (Å²) in [6.45, 7) is 3.38. The van der Waals surface area contributed by atoms with Gasteiger partial charge in [0, 0.05) is 32.0 Å². The third-order valence-electron chi connectivity index (χ3n) is 3.73. The quantitative estimate of drug-likeness (QED) is 0.776. The first-order valence-corrected chi connectivity index (χ1v) is 7.76. The van der Waals surface area contributed by atoms with Crippen LogP contribution in [0, 0.1) is 0 Å². The van der Waals surface area contributed by atoms with Crippen LogP contribution in [0.2, 0.25) is 0 Å². The second-order valence-electron chi connectivity index (χ2n) is 5.43. The van der Waals surface area contributed by atoms with E-state index in [0.29, 0.717) is 19.6 Å². The van der Waals surface area contributed by atoms with E-state index in [1.54, 1.807) is 12.4 Å². The summed E-state index contributed by atoms with van der Waals surface area (Å²) in [6, 6.07) is 13.3. The van der Waals surface area contributed by atoms with E-state index >= 15 is 0 Å². The molecule has 0 radical (unpaired) electrons. The summed E-state index contributed by atoms with van der Waals surface area (Å²) >= 11 is 0. The zero-order chi connectivity index (χ0) is 16.5. The number of pyridine rings is 1. The molecule has 0 aliphatic heterocycles. The van der Waals surface area contributed by atoms with Gasteiger partial charge >= 0.3 is 0 Å². The lowest BCUT2D eigenvalue weighted by atomic mass is 10.2. The second kappa shape index (κ2) is 9.02. The van der Waals surface area contributed by atoms with Crippen molar-refractivity contribution >= 4 is 5.91 Å². The van der Waals surface area contributed by atoms with Crippen molar-refractivity contribution in [3.63, 3.8) is 0 Å². The molecular formula is C18H23N3O2. The Morgan fingerprint density at radius 3 is 2.61 bits per heavy atom. The van der Waals surface area contributed by atoms with Gasteiger partial charge < -0.3 is 10.4 Å². The van der Waals surface area contributed by atoms with E-state index in [1.165, 1.54) is 0 Å². The van der Waals surface area contributed by atoms with Gasteiger partial charge in [-0.05, 0) is 24.1 Å². The Labute approximate surface area is 137 Å². The van der Waals surface area contributed by atoms with E-state index in [-0.39, 0.29) is 18.6 Å². The number of benzene rings is 1. The first-order valence-electron chi connectivity index (χ1n) is 7.76. The smallest absolute Gasteiger partial charge is 0.237 e. The normalized spacial score (nSPS) is 12.1. The fraction of sp³-hybridized carbons (Fsp3) is 0.333. The molecule has 0 bridgehead atoms. The standard InChI is InChI=1S/C18H23N3O2/c1-15(18(23)20-13-16-6-3-2-4-7-16)21(10-11-22)14-17-8-5-9-19-12-17/h2-9,12,15,22H,10-11,13-14H2,1H3,(H,20,23). The highest BCUT2D eigenvalue weighted by molar-refractivity contribution is 5.81. The number of carbonyl (C=O) groups excluding carboxylic acids is 1. The third kappa shape index (κ3) is 5.47. The van der Waals surface area contributed by atoms with Crippen LogP contribution in [-0.4, -0.2) is 40.1 Å². The molecule has 2 aromatic rings. The largest absolute Gasteiger partial charge is 0.395 e. The number of aliphatic hydroxyl groups is 1. The first kappa shape index (κ1) is 17.1. The van der Waals surface area contributed by atoms with E-state index in [2.05, 4.69) is 10.3 Å². The minimum atomic E-state index is -0.328. The van der Waals surface area contributed by atoms with Gasteiger partial charge in [-0.25, -0.2) is 0 Å². The molecule has 1 aromatic heterocycles. The van der Waals surface area contributed by atoms with E-state index in [1.807, 2.05) is 54.3 Å². The van der Waals surface area contributed by atoms with Gasteiger partial charge in [0.2, 0.25) is 5.91 Å². The van der Waals surface area contributed by atoms with Crippen LogP contribution in [0.3, 0.4) is 0 Å². The monoisotopic (exact) mass is 313 g/mol. The van der Waals surface area contributed by atoms with Crippen molar-refractivity contribution in [1.29, 1.82) is 0 Å². The molecule has 2 rings (SSSR count). The van der Waals surface area contributed by atoms with Crippen LogP contribution in [-0.2, 0) is 17.9 Å². The first-order chi connectivity index (χ1) is 11.2. The Kier molecular flexibility index (Phi) is 6.72. The molecule has 1 unspecified atom stereocenters. The molecule has 1 atom stereocenters. The third-order valence-corrected chi connectivity index (χ3v) is 3.73. The summed E-state index contributed by atoms with van der Waals surface area (Å²) in [4.78, 5) is 18.4. The number of rotatable bonds is 8. The molecule has 0 aliphatic rings. The van der Waals surface area contributed by atoms with Crippen molar-refractivity contribution in [2.24, 2.45) is 0 Å². The van der Waals surface area contributed by atoms with E-state index in [0.717, 1.165) is 11.1 Å². The lowest BCUT2D eigenvalue weighted by Crippen LogP contribution is -2.45. The number of carbonyl (C=O) groups is 1. The van der Waals surface area contributed by atoms with Crippen LogP contribution in [0.5, 0.6) is 0 Å². The van der Waals surface area contributed by atoms with Crippen molar-refractivity contribution in [2.45, 2.75) is 26.1 Å². The maximum Gasteiger partial charge on any atom is 0.237 e. The highest BCUT2D eigenvalue weighted by Crippen LogP contribution is 2.08. The van der Waals surface area contributed by atoms with Gasteiger partial charge in [0.25, 0.3) is 0 Å². The summed E-state index contributed by atoms with van der Waals surface area (Å²) in [7, 11) is 0. The van der Waals surface area contributed by atoms with Crippen molar-refractivity contribution < 1.29 is 9.90 Å². The number of aliphatic hydroxyl groups excluding tert-OH is 1. The Morgan fingerprint density at radius 2 is 1.96 bits per heavy atom. The molecule has 1 heterocycles. The molecule has 0 saturated carbocycles. The van der Waals surface area contributed by atoms with E-state index in [9.17, 15) is 9.90 Å². The van der Waals surface area contributed by atoms with Crippen LogP contribution in [0.25, 0.3) is 0 Å². The minimum absolute atomic E-state index is 0.0105. The molecule has 1 aromatic carbocycles. The van der Waals surface area contributed by atoms with E-state index in [4.69, 9.17) is 0 Å². The number of amides is 1. The Bertz CT molecular complexity index is 590. The predicted molar refractivity (Wildman–Crippen MR) is 89.5 cm³/mol. The molecular weight excluding hydrogens is 290 g/mol. The molecule has 1 amide bonds. The van der Waals surface area contributed by atoms with Crippen molar-refractivity contribution in [3.8, 4) is 0 Å². The predicted octanol–water partition coefficient (Wildman–Crippen LogP) is 1.58. The molecule has 23 heavy (non-hydrogen) atoms. The SMILES string of the molecule is CC(C(=O)NCc1ccccc1)N(CCO)Cc1cccnc1. The van der Waals surface area contributed by atoms with Crippen LogP contribution in [0.1, 0.15) is 18.1 Å². The van der Waals surface area contributed by atoms with Gasteiger partial charge in [-0.15, -0.1) is 0 Å². The van der Waals surface area contributed by atoms with Crippen molar-refractivity contribution in [3.05, 3.63) is 66.0 Å². The molecule has 0 aliphatic carbocycles. The lowest BCUT2D eigenvalue weighted by Gasteiger charge is -2.27. The Hall–Kier alpha value is -2.24. The zero-order valence-corrected chi connectivity index (χ0v) is 13.4. The number of aromatic nitrogens is 1. The lowest BCUT2D eigenvalue weighted by molar-refractivity contribution is -0.126. The van der Waals surface area contributed by atoms with E-state index < -0.39 is 0 Å². The van der Waals surface area contributed by atoms with Gasteiger partial charge in [0.15, 0.2) is 0 Å². The van der Waals surface area contributed by atoms with Crippen LogP contribution in [0.15, 0.2) is 54.9 Å². The van der Waals surface area contributed by atoms with Crippen LogP contribution in [0.4, 0.5) is 0 Å². The Balaban J connectivity index is 1.93. The van der Waals surface area contributed by atoms with Crippen molar-refractivity contribution in [2.75, 3.05) is 13.2 Å². The maximum absolute atomic E-state index is 12.4. The summed E-state index contributed by atoms with van der Waals surface area (Å²) in [5.41, 5.74) is 2.08. The minimum Gasteiger partial charge on any atom is -0.395 e. The summed E-state index contributed by atoms with van der Waals surface area (Å²) < 4.78 is 0. The van der Waals surface area contributed by atoms with Crippen molar-refractivity contribution in [1.82, 2.24) is 15.2 Å². The molecule has 0 fully saturated rings. The highest BCUT2D eigenvalue weighted by atomic mass is 16.3. The molecule has 5 nitrogen and oxygen atoms in total. The average molecular weight is 313 g/mol.